The Hall–Kier alpha value is -1.85. The average molecular weight is 354 g/mol. The highest BCUT2D eigenvalue weighted by Gasteiger charge is 2.39. The summed E-state index contributed by atoms with van der Waals surface area (Å²) in [6, 6.07) is 14.3. The fraction of sp³-hybridized carbons (Fsp3) is 0.571. The van der Waals surface area contributed by atoms with Gasteiger partial charge in [-0.25, -0.2) is 4.68 Å². The number of benzene rings is 1. The molecule has 2 heterocycles. The minimum absolute atomic E-state index is 0.672. The first-order chi connectivity index (χ1) is 12.7. The predicted octanol–water partition coefficient (Wildman–Crippen LogP) is 2.72. The lowest BCUT2D eigenvalue weighted by Gasteiger charge is -2.32. The molecule has 2 fully saturated rings. The quantitative estimate of drug-likeness (QED) is 0.830. The van der Waals surface area contributed by atoms with Crippen molar-refractivity contribution in [1.82, 2.24) is 20.0 Å². The Balaban J connectivity index is 1.14. The number of hydrogen-bond acceptors (Lipinski definition) is 4. The second-order valence-corrected chi connectivity index (χ2v) is 7.74. The van der Waals surface area contributed by atoms with Gasteiger partial charge in [0.25, 0.3) is 0 Å². The molecular weight excluding hydrogens is 324 g/mol. The maximum atomic E-state index is 5.87. The normalized spacial score (nSPS) is 23.9. The van der Waals surface area contributed by atoms with E-state index in [1.165, 1.54) is 24.8 Å². The molecule has 0 radical (unpaired) electrons. The van der Waals surface area contributed by atoms with Gasteiger partial charge in [0.15, 0.2) is 0 Å². The number of rotatable bonds is 7. The van der Waals surface area contributed by atoms with E-state index in [4.69, 9.17) is 4.74 Å². The Morgan fingerprint density at radius 1 is 1.19 bits per heavy atom. The zero-order valence-corrected chi connectivity index (χ0v) is 15.9. The van der Waals surface area contributed by atoms with Crippen LogP contribution in [0.25, 0.3) is 0 Å². The molecule has 1 aromatic heterocycles. The summed E-state index contributed by atoms with van der Waals surface area (Å²) in [4.78, 5) is 2.52. The van der Waals surface area contributed by atoms with Crippen LogP contribution in [0.4, 0.5) is 0 Å². The molecule has 1 aromatic carbocycles. The van der Waals surface area contributed by atoms with Crippen molar-refractivity contribution in [1.29, 1.82) is 0 Å². The smallest absolute Gasteiger partial charge is 0.211 e. The van der Waals surface area contributed by atoms with E-state index in [1.807, 2.05) is 24.7 Å². The fourth-order valence-electron chi connectivity index (χ4n) is 4.08. The van der Waals surface area contributed by atoms with E-state index >= 15 is 0 Å². The van der Waals surface area contributed by atoms with E-state index in [1.54, 1.807) is 0 Å². The minimum Gasteiger partial charge on any atom is -0.476 e. The van der Waals surface area contributed by atoms with Gasteiger partial charge in [0, 0.05) is 37.7 Å². The number of hydrogen-bond donors (Lipinski definition) is 1. The molecule has 1 N–H and O–H groups in total. The van der Waals surface area contributed by atoms with Crippen molar-refractivity contribution < 1.29 is 4.74 Å². The first kappa shape index (κ1) is 17.6. The third kappa shape index (κ3) is 4.27. The van der Waals surface area contributed by atoms with Crippen LogP contribution in [0.15, 0.2) is 36.4 Å². The summed E-state index contributed by atoms with van der Waals surface area (Å²) in [5.41, 5.74) is 2.49. The van der Waals surface area contributed by atoms with Crippen LogP contribution in [0, 0.1) is 6.92 Å². The molecule has 2 aromatic rings. The molecule has 1 aliphatic heterocycles. The van der Waals surface area contributed by atoms with Gasteiger partial charge in [-0.2, -0.15) is 5.10 Å². The Morgan fingerprint density at radius 3 is 2.65 bits per heavy atom. The number of nitrogens with zero attached hydrogens (tertiary/aromatic N) is 3. The molecule has 5 heteroatoms. The van der Waals surface area contributed by atoms with Gasteiger partial charge in [0.2, 0.25) is 5.88 Å². The number of aromatic nitrogens is 2. The molecule has 0 bridgehead atoms. The average Bonchev–Trinajstić information content (AvgIpc) is 3.34. The second kappa shape index (κ2) is 7.80. The Bertz CT molecular complexity index is 706. The lowest BCUT2D eigenvalue weighted by atomic mass is 10.0. The highest BCUT2D eigenvalue weighted by Crippen LogP contribution is 2.41. The van der Waals surface area contributed by atoms with Gasteiger partial charge in [0.05, 0.1) is 5.69 Å². The van der Waals surface area contributed by atoms with Crippen molar-refractivity contribution in [2.75, 3.05) is 26.2 Å². The van der Waals surface area contributed by atoms with Crippen molar-refractivity contribution in [2.45, 2.75) is 44.2 Å². The van der Waals surface area contributed by atoms with Crippen LogP contribution < -0.4 is 10.1 Å². The topological polar surface area (TPSA) is 42.3 Å². The molecule has 0 amide bonds. The third-order valence-electron chi connectivity index (χ3n) is 5.67. The largest absolute Gasteiger partial charge is 0.476 e. The van der Waals surface area contributed by atoms with Crippen LogP contribution in [-0.2, 0) is 7.05 Å². The van der Waals surface area contributed by atoms with E-state index in [-0.39, 0.29) is 0 Å². The van der Waals surface area contributed by atoms with E-state index in [2.05, 4.69) is 45.6 Å². The first-order valence-electron chi connectivity index (χ1n) is 9.86. The molecule has 1 saturated heterocycles. The molecule has 0 spiro atoms. The molecule has 1 aliphatic carbocycles. The van der Waals surface area contributed by atoms with Gasteiger partial charge in [-0.3, -0.25) is 4.90 Å². The van der Waals surface area contributed by atoms with Crippen molar-refractivity contribution in [3.05, 3.63) is 47.7 Å². The summed E-state index contributed by atoms with van der Waals surface area (Å²) in [5, 5.41) is 8.20. The molecule has 26 heavy (non-hydrogen) atoms. The van der Waals surface area contributed by atoms with Gasteiger partial charge in [0.1, 0.15) is 6.61 Å². The third-order valence-corrected chi connectivity index (χ3v) is 5.67. The lowest BCUT2D eigenvalue weighted by molar-refractivity contribution is 0.160. The summed E-state index contributed by atoms with van der Waals surface area (Å²) >= 11 is 0. The van der Waals surface area contributed by atoms with Crippen LogP contribution >= 0.6 is 0 Å². The van der Waals surface area contributed by atoms with E-state index < -0.39 is 0 Å². The summed E-state index contributed by atoms with van der Waals surface area (Å²) in [6.07, 6.45) is 3.77. The first-order valence-corrected chi connectivity index (χ1v) is 9.86. The lowest BCUT2D eigenvalue weighted by Crippen LogP contribution is -2.44. The minimum atomic E-state index is 0.672. The predicted molar refractivity (Wildman–Crippen MR) is 104 cm³/mol. The Labute approximate surface area is 156 Å². The standard InChI is InChI=1S/C21H30N4O/c1-16-14-21(24(2)23-16)26-13-12-25-10-8-18(9-11-25)22-20-15-19(20)17-6-4-3-5-7-17/h3-7,14,18-20,22H,8-13,15H2,1-2H3/t19?,20-/m1/s1. The number of nitrogens with one attached hydrogen (secondary N) is 1. The summed E-state index contributed by atoms with van der Waals surface area (Å²) in [6.45, 7) is 6.04. The van der Waals surface area contributed by atoms with Crippen molar-refractivity contribution >= 4 is 0 Å². The Kier molecular flexibility index (Phi) is 5.27. The maximum Gasteiger partial charge on any atom is 0.211 e. The van der Waals surface area contributed by atoms with Crippen LogP contribution in [0.3, 0.4) is 0 Å². The summed E-state index contributed by atoms with van der Waals surface area (Å²) < 4.78 is 7.68. The van der Waals surface area contributed by atoms with Gasteiger partial charge in [-0.1, -0.05) is 30.3 Å². The van der Waals surface area contributed by atoms with E-state index in [0.717, 1.165) is 43.7 Å². The van der Waals surface area contributed by atoms with Crippen LogP contribution in [0.5, 0.6) is 5.88 Å². The summed E-state index contributed by atoms with van der Waals surface area (Å²) in [7, 11) is 1.93. The van der Waals surface area contributed by atoms with Gasteiger partial charge in [-0.15, -0.1) is 0 Å². The summed E-state index contributed by atoms with van der Waals surface area (Å²) in [5.74, 6) is 1.59. The molecule has 2 aliphatic rings. The SMILES string of the molecule is Cc1cc(OCCN2CCC(N[C@@H]3CC3c3ccccc3)CC2)n(C)n1. The molecule has 140 valence electrons. The van der Waals surface area contributed by atoms with Crippen molar-refractivity contribution in [3.63, 3.8) is 0 Å². The fourth-order valence-corrected chi connectivity index (χ4v) is 4.08. The maximum absolute atomic E-state index is 5.87. The number of piperidine rings is 1. The van der Waals surface area contributed by atoms with E-state index in [0.29, 0.717) is 12.1 Å². The number of likely N-dealkylation sites (tertiary alicyclic amines) is 1. The second-order valence-electron chi connectivity index (χ2n) is 7.74. The number of ether oxygens (including phenoxy) is 1. The Morgan fingerprint density at radius 2 is 1.96 bits per heavy atom. The number of aryl methyl sites for hydroxylation is 2. The van der Waals surface area contributed by atoms with Crippen LogP contribution in [0.2, 0.25) is 0 Å². The molecule has 5 nitrogen and oxygen atoms in total. The van der Waals surface area contributed by atoms with Gasteiger partial charge in [-0.05, 0) is 44.8 Å². The van der Waals surface area contributed by atoms with Crippen LogP contribution in [-0.4, -0.2) is 53.0 Å². The molecule has 1 unspecified atom stereocenters. The van der Waals surface area contributed by atoms with E-state index in [9.17, 15) is 0 Å². The van der Waals surface area contributed by atoms with Crippen molar-refractivity contribution in [3.8, 4) is 5.88 Å². The van der Waals surface area contributed by atoms with Gasteiger partial charge >= 0.3 is 0 Å². The van der Waals surface area contributed by atoms with Gasteiger partial charge < -0.3 is 10.1 Å². The molecular formula is C21H30N4O. The molecule has 1 saturated carbocycles. The zero-order valence-electron chi connectivity index (χ0n) is 15.9. The highest BCUT2D eigenvalue weighted by atomic mass is 16.5. The monoisotopic (exact) mass is 354 g/mol. The molecule has 2 atom stereocenters. The highest BCUT2D eigenvalue weighted by molar-refractivity contribution is 5.27. The molecule has 4 rings (SSSR count). The zero-order chi connectivity index (χ0) is 17.9. The van der Waals surface area contributed by atoms with Crippen LogP contribution in [0.1, 0.15) is 36.4 Å². The van der Waals surface area contributed by atoms with Crippen molar-refractivity contribution in [2.24, 2.45) is 7.05 Å².